The van der Waals surface area contributed by atoms with Crippen LogP contribution in [0.1, 0.15) is 5.56 Å². The summed E-state index contributed by atoms with van der Waals surface area (Å²) in [6.07, 6.45) is -5.44. The summed E-state index contributed by atoms with van der Waals surface area (Å²) >= 11 is 0. The highest BCUT2D eigenvalue weighted by Gasteiger charge is 2.59. The molecule has 0 aliphatic heterocycles. The maximum Gasteiger partial charge on any atom is 0.428 e. The minimum Gasteiger partial charge on any atom is -0.371 e. The molecule has 0 amide bonds. The molecule has 0 aliphatic carbocycles. The first kappa shape index (κ1) is 14.3. The normalized spacial score (nSPS) is 15.2. The SMILES string of the molecule is O=[N+]([O-])CC(O)(c1cc(F)cc(F)c1)C(F)(F)F. The van der Waals surface area contributed by atoms with Crippen molar-refractivity contribution in [2.45, 2.75) is 11.8 Å². The van der Waals surface area contributed by atoms with Crippen LogP contribution in [0.25, 0.3) is 0 Å². The lowest BCUT2D eigenvalue weighted by Gasteiger charge is -2.27. The van der Waals surface area contributed by atoms with Crippen LogP contribution in [0.2, 0.25) is 0 Å². The highest BCUT2D eigenvalue weighted by atomic mass is 19.4. The Labute approximate surface area is 96.8 Å². The fourth-order valence-electron chi connectivity index (χ4n) is 1.32. The van der Waals surface area contributed by atoms with Gasteiger partial charge in [-0.15, -0.1) is 0 Å². The molecule has 0 radical (unpaired) electrons. The predicted octanol–water partition coefficient (Wildman–Crippen LogP) is 1.99. The molecule has 0 heterocycles. The highest BCUT2D eigenvalue weighted by molar-refractivity contribution is 5.26. The Bertz CT molecular complexity index is 456. The number of hydrogen-bond donors (Lipinski definition) is 1. The Morgan fingerprint density at radius 1 is 1.17 bits per heavy atom. The number of halogens is 5. The molecular weight excluding hydrogens is 265 g/mol. The maximum atomic E-state index is 12.8. The van der Waals surface area contributed by atoms with Gasteiger partial charge in [0.05, 0.1) is 0 Å². The second-order valence-electron chi connectivity index (χ2n) is 3.51. The van der Waals surface area contributed by atoms with Crippen molar-refractivity contribution in [2.75, 3.05) is 6.54 Å². The first-order valence-electron chi connectivity index (χ1n) is 4.44. The van der Waals surface area contributed by atoms with Crippen LogP contribution < -0.4 is 0 Å². The van der Waals surface area contributed by atoms with Crippen LogP contribution in [0, 0.1) is 21.7 Å². The van der Waals surface area contributed by atoms with Crippen molar-refractivity contribution in [1.29, 1.82) is 0 Å². The molecule has 0 bridgehead atoms. The second kappa shape index (κ2) is 4.48. The average Bonchev–Trinajstić information content (AvgIpc) is 2.12. The lowest BCUT2D eigenvalue weighted by molar-refractivity contribution is -0.519. The van der Waals surface area contributed by atoms with Crippen molar-refractivity contribution in [2.24, 2.45) is 0 Å². The van der Waals surface area contributed by atoms with Gasteiger partial charge >= 0.3 is 6.18 Å². The zero-order valence-electron chi connectivity index (χ0n) is 8.54. The molecule has 4 nitrogen and oxygen atoms in total. The third kappa shape index (κ3) is 2.73. The van der Waals surface area contributed by atoms with Gasteiger partial charge in [-0.3, -0.25) is 10.1 Å². The van der Waals surface area contributed by atoms with Crippen LogP contribution in [0.15, 0.2) is 18.2 Å². The van der Waals surface area contributed by atoms with Crippen LogP contribution in [-0.4, -0.2) is 22.8 Å². The van der Waals surface area contributed by atoms with E-state index in [1.165, 1.54) is 0 Å². The molecule has 0 spiro atoms. The molecule has 1 aromatic rings. The van der Waals surface area contributed by atoms with Crippen molar-refractivity contribution in [3.63, 3.8) is 0 Å². The van der Waals surface area contributed by atoms with E-state index in [0.717, 1.165) is 0 Å². The molecule has 1 aromatic carbocycles. The molecule has 100 valence electrons. The van der Waals surface area contributed by atoms with Crippen LogP contribution >= 0.6 is 0 Å². The Morgan fingerprint density at radius 2 is 1.61 bits per heavy atom. The lowest BCUT2D eigenvalue weighted by atomic mass is 9.93. The summed E-state index contributed by atoms with van der Waals surface area (Å²) in [5.41, 5.74) is -5.20. The van der Waals surface area contributed by atoms with Gasteiger partial charge in [0, 0.05) is 16.6 Å². The molecule has 1 unspecified atom stereocenters. The van der Waals surface area contributed by atoms with E-state index in [0.29, 0.717) is 0 Å². The third-order valence-corrected chi connectivity index (χ3v) is 2.17. The topological polar surface area (TPSA) is 63.4 Å². The lowest BCUT2D eigenvalue weighted by Crippen LogP contribution is -2.47. The van der Waals surface area contributed by atoms with Gasteiger partial charge in [-0.25, -0.2) is 8.78 Å². The summed E-state index contributed by atoms with van der Waals surface area (Å²) in [6, 6.07) is 0.673. The van der Waals surface area contributed by atoms with E-state index in [9.17, 15) is 37.2 Å². The molecular formula is C9H6F5NO3. The average molecular weight is 271 g/mol. The zero-order chi connectivity index (χ0) is 14.1. The van der Waals surface area contributed by atoms with Gasteiger partial charge < -0.3 is 5.11 Å². The predicted molar refractivity (Wildman–Crippen MR) is 48.2 cm³/mol. The van der Waals surface area contributed by atoms with Gasteiger partial charge in [0.1, 0.15) is 11.6 Å². The van der Waals surface area contributed by atoms with Crippen LogP contribution in [0.3, 0.4) is 0 Å². The summed E-state index contributed by atoms with van der Waals surface area (Å²) in [5.74, 6) is -2.76. The maximum absolute atomic E-state index is 12.8. The van der Waals surface area contributed by atoms with Crippen LogP contribution in [0.4, 0.5) is 22.0 Å². The van der Waals surface area contributed by atoms with Crippen LogP contribution in [0.5, 0.6) is 0 Å². The number of aliphatic hydroxyl groups is 1. The van der Waals surface area contributed by atoms with E-state index >= 15 is 0 Å². The molecule has 0 saturated carbocycles. The minimum absolute atomic E-state index is 0.195. The number of nitro groups is 1. The van der Waals surface area contributed by atoms with Crippen molar-refractivity contribution in [3.05, 3.63) is 45.5 Å². The van der Waals surface area contributed by atoms with Crippen LogP contribution in [-0.2, 0) is 5.60 Å². The number of nitrogens with zero attached hydrogens (tertiary/aromatic N) is 1. The second-order valence-corrected chi connectivity index (χ2v) is 3.51. The van der Waals surface area contributed by atoms with Gasteiger partial charge in [0.2, 0.25) is 6.54 Å². The molecule has 0 aliphatic rings. The number of alkyl halides is 3. The monoisotopic (exact) mass is 271 g/mol. The van der Waals surface area contributed by atoms with Gasteiger partial charge in [-0.1, -0.05) is 0 Å². The van der Waals surface area contributed by atoms with Crippen molar-refractivity contribution in [1.82, 2.24) is 0 Å². The fraction of sp³-hybridized carbons (Fsp3) is 0.333. The molecule has 0 saturated heterocycles. The molecule has 18 heavy (non-hydrogen) atoms. The number of benzene rings is 1. The smallest absolute Gasteiger partial charge is 0.371 e. The molecule has 1 N–H and O–H groups in total. The van der Waals surface area contributed by atoms with E-state index in [-0.39, 0.29) is 18.2 Å². The van der Waals surface area contributed by atoms with Crippen molar-refractivity contribution in [3.8, 4) is 0 Å². The minimum atomic E-state index is -5.44. The Morgan fingerprint density at radius 3 is 1.94 bits per heavy atom. The summed E-state index contributed by atoms with van der Waals surface area (Å²) < 4.78 is 63.4. The quantitative estimate of drug-likeness (QED) is 0.519. The zero-order valence-corrected chi connectivity index (χ0v) is 8.54. The largest absolute Gasteiger partial charge is 0.428 e. The first-order chi connectivity index (χ1) is 8.06. The van der Waals surface area contributed by atoms with E-state index in [2.05, 4.69) is 0 Å². The fourth-order valence-corrected chi connectivity index (χ4v) is 1.32. The molecule has 9 heteroatoms. The van der Waals surface area contributed by atoms with E-state index < -0.39 is 40.4 Å². The van der Waals surface area contributed by atoms with E-state index in [1.807, 2.05) is 0 Å². The van der Waals surface area contributed by atoms with Crippen molar-refractivity contribution < 1.29 is 32.0 Å². The van der Waals surface area contributed by atoms with Gasteiger partial charge in [0.15, 0.2) is 0 Å². The molecule has 0 aromatic heterocycles. The summed E-state index contributed by atoms with van der Waals surface area (Å²) in [4.78, 5) is 8.74. The number of rotatable bonds is 3. The standard InChI is InChI=1S/C9H6F5NO3/c10-6-1-5(2-7(11)3-6)8(16,4-15(17)18)9(12,13)14/h1-3,16H,4H2. The Kier molecular flexibility index (Phi) is 3.56. The third-order valence-electron chi connectivity index (χ3n) is 2.17. The molecule has 1 atom stereocenters. The van der Waals surface area contributed by atoms with Crippen molar-refractivity contribution >= 4 is 0 Å². The van der Waals surface area contributed by atoms with E-state index in [4.69, 9.17) is 0 Å². The Hall–Kier alpha value is -1.77. The first-order valence-corrected chi connectivity index (χ1v) is 4.44. The summed E-state index contributed by atoms with van der Waals surface area (Å²) in [7, 11) is 0. The molecule has 1 rings (SSSR count). The summed E-state index contributed by atoms with van der Waals surface area (Å²) in [6.45, 7) is -1.95. The number of hydrogen-bond acceptors (Lipinski definition) is 3. The van der Waals surface area contributed by atoms with E-state index in [1.54, 1.807) is 0 Å². The van der Waals surface area contributed by atoms with Gasteiger partial charge in [0.25, 0.3) is 5.60 Å². The Balaban J connectivity index is 3.39. The van der Waals surface area contributed by atoms with Gasteiger partial charge in [-0.2, -0.15) is 13.2 Å². The summed E-state index contributed by atoms with van der Waals surface area (Å²) in [5, 5.41) is 19.5. The molecule has 0 fully saturated rings. The highest BCUT2D eigenvalue weighted by Crippen LogP contribution is 2.39. The van der Waals surface area contributed by atoms with Gasteiger partial charge in [-0.05, 0) is 12.1 Å².